The van der Waals surface area contributed by atoms with Gasteiger partial charge in [-0.2, -0.15) is 5.10 Å². The fourth-order valence-electron chi connectivity index (χ4n) is 4.63. The Morgan fingerprint density at radius 1 is 1.05 bits per heavy atom. The number of aromatic nitrogens is 3. The molecule has 0 saturated heterocycles. The molecule has 1 N–H and O–H groups in total. The molecule has 2 aromatic carbocycles. The van der Waals surface area contributed by atoms with E-state index in [4.69, 9.17) is 42.6 Å². The Balaban J connectivity index is 1.66. The van der Waals surface area contributed by atoms with Gasteiger partial charge in [-0.1, -0.05) is 41.4 Å². The molecule has 12 heteroatoms. The number of carbonyl (C=O) groups is 2. The molecule has 0 spiro atoms. The second-order valence-electron chi connectivity index (χ2n) is 9.42. The van der Waals surface area contributed by atoms with Gasteiger partial charge in [0.15, 0.2) is 5.69 Å². The standard InChI is InChI=1S/C30H27Cl2N5O5/c1-18(25-6-4-5-13-33-25)34-29(38)27-23-17-36(42-30(39)41-3)16-20(14-19-7-10-22(40-2)11-8-19)28(23)37(35-27)26-12-9-21(31)15-24(26)32/h4-15,18H,16-17H2,1-3H3,(H,34,38)/b20-14+. The SMILES string of the molecule is COC(=O)ON1C/C(=C\c2ccc(OC)cc2)c2c(c(C(=O)NC(C)c3ccccn3)nn2-c2ccc(Cl)cc2Cl)C1. The Hall–Kier alpha value is -4.38. The molecule has 42 heavy (non-hydrogen) atoms. The van der Waals surface area contributed by atoms with E-state index >= 15 is 0 Å². The molecule has 216 valence electrons. The van der Waals surface area contributed by atoms with Crippen molar-refractivity contribution < 1.29 is 23.9 Å². The van der Waals surface area contributed by atoms with E-state index in [1.807, 2.05) is 49.4 Å². The smallest absolute Gasteiger partial charge is 0.497 e. The van der Waals surface area contributed by atoms with Gasteiger partial charge < -0.3 is 19.6 Å². The number of fused-ring (bicyclic) bond motifs is 1. The van der Waals surface area contributed by atoms with Crippen LogP contribution >= 0.6 is 23.2 Å². The Bertz CT molecular complexity index is 1640. The predicted molar refractivity (Wildman–Crippen MR) is 158 cm³/mol. The summed E-state index contributed by atoms with van der Waals surface area (Å²) in [7, 11) is 2.82. The summed E-state index contributed by atoms with van der Waals surface area (Å²) in [5, 5.41) is 9.95. The van der Waals surface area contributed by atoms with Gasteiger partial charge in [0, 0.05) is 16.8 Å². The molecule has 1 aliphatic heterocycles. The molecule has 0 aliphatic carbocycles. The molecular weight excluding hydrogens is 581 g/mol. The zero-order valence-corrected chi connectivity index (χ0v) is 24.5. The first kappa shape index (κ1) is 29.1. The molecule has 1 unspecified atom stereocenters. The fourth-order valence-corrected chi connectivity index (χ4v) is 5.12. The highest BCUT2D eigenvalue weighted by Gasteiger charge is 2.34. The number of carbonyl (C=O) groups excluding carboxylic acids is 2. The molecule has 10 nitrogen and oxygen atoms in total. The summed E-state index contributed by atoms with van der Waals surface area (Å²) in [5.41, 5.74) is 4.07. The molecule has 4 aromatic rings. The van der Waals surface area contributed by atoms with Crippen LogP contribution in [-0.4, -0.2) is 52.7 Å². The van der Waals surface area contributed by atoms with Crippen LogP contribution in [-0.2, 0) is 16.1 Å². The van der Waals surface area contributed by atoms with Crippen LogP contribution in [0, 0.1) is 0 Å². The number of methoxy groups -OCH3 is 2. The van der Waals surface area contributed by atoms with Gasteiger partial charge in [-0.05, 0) is 66.6 Å². The second-order valence-corrected chi connectivity index (χ2v) is 10.3. The van der Waals surface area contributed by atoms with Crippen molar-refractivity contribution >= 4 is 46.9 Å². The minimum Gasteiger partial charge on any atom is -0.497 e. The number of hydroxylamine groups is 2. The largest absolute Gasteiger partial charge is 0.527 e. The maximum Gasteiger partial charge on any atom is 0.527 e. The van der Waals surface area contributed by atoms with Crippen molar-refractivity contribution in [2.24, 2.45) is 0 Å². The predicted octanol–water partition coefficient (Wildman–Crippen LogP) is 6.13. The molecule has 0 fully saturated rings. The number of amides is 1. The highest BCUT2D eigenvalue weighted by Crippen LogP contribution is 2.36. The van der Waals surface area contributed by atoms with Crippen LogP contribution in [0.15, 0.2) is 66.9 Å². The summed E-state index contributed by atoms with van der Waals surface area (Å²) in [6.07, 6.45) is 2.70. The average Bonchev–Trinajstić information content (AvgIpc) is 3.37. The lowest BCUT2D eigenvalue weighted by Crippen LogP contribution is -2.34. The minimum atomic E-state index is -0.884. The van der Waals surface area contributed by atoms with E-state index in [-0.39, 0.29) is 18.8 Å². The highest BCUT2D eigenvalue weighted by molar-refractivity contribution is 6.35. The Kier molecular flexibility index (Phi) is 8.77. The monoisotopic (exact) mass is 607 g/mol. The van der Waals surface area contributed by atoms with Crippen LogP contribution < -0.4 is 10.1 Å². The van der Waals surface area contributed by atoms with Crippen molar-refractivity contribution in [1.82, 2.24) is 25.1 Å². The minimum absolute atomic E-state index is 0.0658. The number of hydrogen-bond donors (Lipinski definition) is 1. The number of benzene rings is 2. The van der Waals surface area contributed by atoms with Crippen LogP contribution in [0.3, 0.4) is 0 Å². The summed E-state index contributed by atoms with van der Waals surface area (Å²) in [4.78, 5) is 35.6. The van der Waals surface area contributed by atoms with Crippen molar-refractivity contribution in [1.29, 1.82) is 0 Å². The lowest BCUT2D eigenvalue weighted by molar-refractivity contribution is -0.123. The summed E-state index contributed by atoms with van der Waals surface area (Å²) < 4.78 is 11.6. The Morgan fingerprint density at radius 3 is 2.50 bits per heavy atom. The van der Waals surface area contributed by atoms with Gasteiger partial charge in [-0.3, -0.25) is 9.78 Å². The third-order valence-electron chi connectivity index (χ3n) is 6.63. The van der Waals surface area contributed by atoms with Gasteiger partial charge >= 0.3 is 6.16 Å². The molecule has 1 atom stereocenters. The van der Waals surface area contributed by atoms with E-state index in [1.54, 1.807) is 42.3 Å². The topological polar surface area (TPSA) is 108 Å². The van der Waals surface area contributed by atoms with Gasteiger partial charge in [0.05, 0.1) is 55.4 Å². The van der Waals surface area contributed by atoms with Crippen molar-refractivity contribution in [2.45, 2.75) is 19.5 Å². The van der Waals surface area contributed by atoms with Crippen molar-refractivity contribution in [3.05, 3.63) is 105 Å². The normalized spacial score (nSPS) is 14.6. The molecule has 1 aliphatic rings. The highest BCUT2D eigenvalue weighted by atomic mass is 35.5. The quantitative estimate of drug-likeness (QED) is 0.250. The maximum atomic E-state index is 13.8. The number of rotatable bonds is 7. The third kappa shape index (κ3) is 6.25. The number of ether oxygens (including phenoxy) is 2. The number of halogens is 2. The van der Waals surface area contributed by atoms with Gasteiger partial charge in [-0.15, -0.1) is 5.06 Å². The first-order chi connectivity index (χ1) is 20.3. The van der Waals surface area contributed by atoms with Crippen molar-refractivity contribution in [3.63, 3.8) is 0 Å². The van der Waals surface area contributed by atoms with Crippen LogP contribution in [0.1, 0.15) is 46.0 Å². The van der Waals surface area contributed by atoms with E-state index in [2.05, 4.69) is 10.3 Å². The van der Waals surface area contributed by atoms with E-state index in [0.717, 1.165) is 5.56 Å². The van der Waals surface area contributed by atoms with Crippen LogP contribution in [0.4, 0.5) is 4.79 Å². The maximum absolute atomic E-state index is 13.8. The number of hydrogen-bond acceptors (Lipinski definition) is 8. The lowest BCUT2D eigenvalue weighted by Gasteiger charge is -2.28. The first-order valence-electron chi connectivity index (χ1n) is 12.9. The third-order valence-corrected chi connectivity index (χ3v) is 7.17. The van der Waals surface area contributed by atoms with Gasteiger partial charge in [-0.25, -0.2) is 9.48 Å². The number of nitrogens with one attached hydrogen (secondary N) is 1. The van der Waals surface area contributed by atoms with E-state index in [1.165, 1.54) is 12.2 Å². The second kappa shape index (κ2) is 12.6. The molecule has 3 heterocycles. The van der Waals surface area contributed by atoms with E-state index in [0.29, 0.717) is 44.0 Å². The molecule has 2 aromatic heterocycles. The van der Waals surface area contributed by atoms with Gasteiger partial charge in [0.25, 0.3) is 5.91 Å². The number of pyridine rings is 1. The van der Waals surface area contributed by atoms with Crippen LogP contribution in [0.5, 0.6) is 5.75 Å². The van der Waals surface area contributed by atoms with Gasteiger partial charge in [0.1, 0.15) is 5.75 Å². The van der Waals surface area contributed by atoms with Gasteiger partial charge in [0.2, 0.25) is 0 Å². The molecule has 5 rings (SSSR count). The van der Waals surface area contributed by atoms with Crippen molar-refractivity contribution in [3.8, 4) is 11.4 Å². The Morgan fingerprint density at radius 2 is 1.83 bits per heavy atom. The lowest BCUT2D eigenvalue weighted by atomic mass is 9.98. The molecule has 0 bridgehead atoms. The van der Waals surface area contributed by atoms with Crippen LogP contribution in [0.2, 0.25) is 10.0 Å². The summed E-state index contributed by atoms with van der Waals surface area (Å²) in [5.74, 6) is 0.271. The summed E-state index contributed by atoms with van der Waals surface area (Å²) in [6, 6.07) is 17.6. The first-order valence-corrected chi connectivity index (χ1v) is 13.7. The van der Waals surface area contributed by atoms with E-state index < -0.39 is 18.1 Å². The summed E-state index contributed by atoms with van der Waals surface area (Å²) in [6.45, 7) is 2.08. The summed E-state index contributed by atoms with van der Waals surface area (Å²) >= 11 is 12.8. The zero-order chi connectivity index (χ0) is 29.8. The fraction of sp³-hybridized carbons (Fsp3) is 0.200. The van der Waals surface area contributed by atoms with Crippen molar-refractivity contribution in [2.75, 3.05) is 20.8 Å². The molecule has 1 amide bonds. The molecule has 0 saturated carbocycles. The average molecular weight is 608 g/mol. The number of nitrogens with zero attached hydrogens (tertiary/aromatic N) is 4. The molecular formula is C30H27Cl2N5O5. The Labute approximate surface area is 252 Å². The molecule has 0 radical (unpaired) electrons. The zero-order valence-electron chi connectivity index (χ0n) is 23.0. The van der Waals surface area contributed by atoms with Crippen LogP contribution in [0.25, 0.3) is 17.3 Å². The van der Waals surface area contributed by atoms with E-state index in [9.17, 15) is 9.59 Å².